The molecule has 150 valence electrons. The summed E-state index contributed by atoms with van der Waals surface area (Å²) in [5.41, 5.74) is 2.64. The standard InChI is InChI=1S/C22H22N2O4S/c1-15-7-4-5-10-20(15)24-29(26,27)21-13-17(12-11-16(21)2)22(25)23-18-8-6-9-19(14-18)28-3/h4-14,24H,1-3H3,(H,23,25). The summed E-state index contributed by atoms with van der Waals surface area (Å²) in [7, 11) is -2.31. The van der Waals surface area contributed by atoms with E-state index in [4.69, 9.17) is 4.74 Å². The first-order valence-electron chi connectivity index (χ1n) is 8.94. The fourth-order valence-electron chi connectivity index (χ4n) is 2.82. The number of nitrogens with one attached hydrogen (secondary N) is 2. The highest BCUT2D eigenvalue weighted by molar-refractivity contribution is 7.92. The smallest absolute Gasteiger partial charge is 0.262 e. The van der Waals surface area contributed by atoms with Crippen LogP contribution in [-0.2, 0) is 10.0 Å². The third-order valence-electron chi connectivity index (χ3n) is 4.46. The van der Waals surface area contributed by atoms with Crippen LogP contribution >= 0.6 is 0 Å². The number of hydrogen-bond donors (Lipinski definition) is 2. The van der Waals surface area contributed by atoms with Crippen molar-refractivity contribution in [3.63, 3.8) is 0 Å². The van der Waals surface area contributed by atoms with Gasteiger partial charge in [-0.3, -0.25) is 9.52 Å². The molecule has 2 N–H and O–H groups in total. The Bertz CT molecular complexity index is 1160. The van der Waals surface area contributed by atoms with E-state index in [1.54, 1.807) is 62.6 Å². The Hall–Kier alpha value is -3.32. The van der Waals surface area contributed by atoms with Gasteiger partial charge in [-0.05, 0) is 55.3 Å². The molecule has 6 nitrogen and oxygen atoms in total. The fourth-order valence-corrected chi connectivity index (χ4v) is 4.22. The Labute approximate surface area is 170 Å². The van der Waals surface area contributed by atoms with E-state index >= 15 is 0 Å². The van der Waals surface area contributed by atoms with Crippen molar-refractivity contribution in [2.45, 2.75) is 18.7 Å². The van der Waals surface area contributed by atoms with Gasteiger partial charge in [0.25, 0.3) is 15.9 Å². The number of methoxy groups -OCH3 is 1. The molecule has 0 aliphatic heterocycles. The first-order chi connectivity index (χ1) is 13.8. The highest BCUT2D eigenvalue weighted by Gasteiger charge is 2.20. The minimum Gasteiger partial charge on any atom is -0.497 e. The number of para-hydroxylation sites is 1. The van der Waals surface area contributed by atoms with Gasteiger partial charge in [0.15, 0.2) is 0 Å². The normalized spacial score (nSPS) is 11.0. The molecule has 0 heterocycles. The van der Waals surface area contributed by atoms with Gasteiger partial charge in [0.1, 0.15) is 5.75 Å². The molecule has 0 aliphatic carbocycles. The Morgan fingerprint density at radius 1 is 0.897 bits per heavy atom. The molecule has 1 amide bonds. The van der Waals surface area contributed by atoms with Crippen molar-refractivity contribution in [2.24, 2.45) is 0 Å². The Kier molecular flexibility index (Phi) is 5.89. The van der Waals surface area contributed by atoms with Gasteiger partial charge in [-0.2, -0.15) is 0 Å². The van der Waals surface area contributed by atoms with Crippen LogP contribution in [0.15, 0.2) is 71.6 Å². The number of ether oxygens (including phenoxy) is 1. The third kappa shape index (κ3) is 4.75. The van der Waals surface area contributed by atoms with Gasteiger partial charge in [0.2, 0.25) is 0 Å². The van der Waals surface area contributed by atoms with Crippen LogP contribution < -0.4 is 14.8 Å². The predicted molar refractivity (Wildman–Crippen MR) is 114 cm³/mol. The number of aryl methyl sites for hydroxylation is 2. The van der Waals surface area contributed by atoms with E-state index in [1.807, 2.05) is 19.1 Å². The van der Waals surface area contributed by atoms with Crippen LogP contribution in [0.3, 0.4) is 0 Å². The number of sulfonamides is 1. The molecule has 0 unspecified atom stereocenters. The van der Waals surface area contributed by atoms with E-state index in [1.165, 1.54) is 6.07 Å². The molecular formula is C22H22N2O4S. The zero-order chi connectivity index (χ0) is 21.0. The number of benzene rings is 3. The second-order valence-electron chi connectivity index (χ2n) is 6.59. The van der Waals surface area contributed by atoms with E-state index in [0.29, 0.717) is 22.7 Å². The monoisotopic (exact) mass is 410 g/mol. The van der Waals surface area contributed by atoms with Crippen LogP contribution in [0, 0.1) is 13.8 Å². The number of anilines is 2. The molecular weight excluding hydrogens is 388 g/mol. The highest BCUT2D eigenvalue weighted by atomic mass is 32.2. The summed E-state index contributed by atoms with van der Waals surface area (Å²) in [6.07, 6.45) is 0. The molecule has 0 saturated heterocycles. The van der Waals surface area contributed by atoms with Crippen LogP contribution in [0.25, 0.3) is 0 Å². The minimum absolute atomic E-state index is 0.0547. The van der Waals surface area contributed by atoms with E-state index in [2.05, 4.69) is 10.0 Å². The van der Waals surface area contributed by atoms with Crippen molar-refractivity contribution in [3.8, 4) is 5.75 Å². The summed E-state index contributed by atoms with van der Waals surface area (Å²) < 4.78 is 33.6. The Morgan fingerprint density at radius 3 is 2.38 bits per heavy atom. The van der Waals surface area contributed by atoms with Gasteiger partial charge < -0.3 is 10.1 Å². The van der Waals surface area contributed by atoms with Crippen molar-refractivity contribution >= 4 is 27.3 Å². The SMILES string of the molecule is COc1cccc(NC(=O)c2ccc(C)c(S(=O)(=O)Nc3ccccc3C)c2)c1. The molecule has 3 aromatic rings. The number of hydrogen-bond acceptors (Lipinski definition) is 4. The van der Waals surface area contributed by atoms with Crippen LogP contribution in [0.1, 0.15) is 21.5 Å². The summed E-state index contributed by atoms with van der Waals surface area (Å²) in [5, 5.41) is 2.76. The zero-order valence-corrected chi connectivity index (χ0v) is 17.2. The Morgan fingerprint density at radius 2 is 1.66 bits per heavy atom. The zero-order valence-electron chi connectivity index (χ0n) is 16.4. The molecule has 0 fully saturated rings. The molecule has 0 spiro atoms. The maximum atomic E-state index is 12.9. The average Bonchev–Trinajstić information content (AvgIpc) is 2.70. The van der Waals surface area contributed by atoms with Gasteiger partial charge in [-0.1, -0.05) is 30.3 Å². The number of amides is 1. The summed E-state index contributed by atoms with van der Waals surface area (Å²) in [5.74, 6) is 0.197. The van der Waals surface area contributed by atoms with Crippen LogP contribution in [0.4, 0.5) is 11.4 Å². The third-order valence-corrected chi connectivity index (χ3v) is 5.96. The predicted octanol–water partition coefficient (Wildman–Crippen LogP) is 4.37. The first kappa shape index (κ1) is 20.4. The van der Waals surface area contributed by atoms with E-state index in [0.717, 1.165) is 5.56 Å². The fraction of sp³-hybridized carbons (Fsp3) is 0.136. The van der Waals surface area contributed by atoms with Crippen LogP contribution in [0.2, 0.25) is 0 Å². The molecule has 3 aromatic carbocycles. The van der Waals surface area contributed by atoms with E-state index < -0.39 is 15.9 Å². The van der Waals surface area contributed by atoms with Crippen molar-refractivity contribution < 1.29 is 17.9 Å². The molecule has 0 radical (unpaired) electrons. The lowest BCUT2D eigenvalue weighted by atomic mass is 10.1. The number of rotatable bonds is 6. The van der Waals surface area contributed by atoms with E-state index in [9.17, 15) is 13.2 Å². The Balaban J connectivity index is 1.89. The lowest BCUT2D eigenvalue weighted by Crippen LogP contribution is -2.17. The molecule has 3 rings (SSSR count). The van der Waals surface area contributed by atoms with E-state index in [-0.39, 0.29) is 10.5 Å². The molecule has 0 aromatic heterocycles. The molecule has 0 aliphatic rings. The maximum absolute atomic E-state index is 12.9. The number of carbonyl (C=O) groups excluding carboxylic acids is 1. The molecule has 7 heteroatoms. The van der Waals surface area contributed by atoms with Crippen LogP contribution in [0.5, 0.6) is 5.75 Å². The topological polar surface area (TPSA) is 84.5 Å². The molecule has 0 saturated carbocycles. The summed E-state index contributed by atoms with van der Waals surface area (Å²) in [6, 6.07) is 18.6. The van der Waals surface area contributed by atoms with Crippen molar-refractivity contribution in [1.82, 2.24) is 0 Å². The summed E-state index contributed by atoms with van der Waals surface area (Å²) in [6.45, 7) is 3.51. The minimum atomic E-state index is -3.86. The second kappa shape index (κ2) is 8.36. The first-order valence-corrected chi connectivity index (χ1v) is 10.4. The largest absolute Gasteiger partial charge is 0.497 e. The lowest BCUT2D eigenvalue weighted by molar-refractivity contribution is 0.102. The van der Waals surface area contributed by atoms with Crippen molar-refractivity contribution in [3.05, 3.63) is 83.4 Å². The van der Waals surface area contributed by atoms with Crippen molar-refractivity contribution in [1.29, 1.82) is 0 Å². The van der Waals surface area contributed by atoms with Gasteiger partial charge in [-0.25, -0.2) is 8.42 Å². The van der Waals surface area contributed by atoms with Crippen LogP contribution in [-0.4, -0.2) is 21.4 Å². The lowest BCUT2D eigenvalue weighted by Gasteiger charge is -2.14. The van der Waals surface area contributed by atoms with Crippen molar-refractivity contribution in [2.75, 3.05) is 17.1 Å². The van der Waals surface area contributed by atoms with Gasteiger partial charge in [0.05, 0.1) is 17.7 Å². The summed E-state index contributed by atoms with van der Waals surface area (Å²) in [4.78, 5) is 12.7. The molecule has 29 heavy (non-hydrogen) atoms. The highest BCUT2D eigenvalue weighted by Crippen LogP contribution is 2.24. The average molecular weight is 410 g/mol. The quantitative estimate of drug-likeness (QED) is 0.632. The van der Waals surface area contributed by atoms with Gasteiger partial charge >= 0.3 is 0 Å². The summed E-state index contributed by atoms with van der Waals surface area (Å²) >= 11 is 0. The maximum Gasteiger partial charge on any atom is 0.262 e. The molecule has 0 atom stereocenters. The van der Waals surface area contributed by atoms with Gasteiger partial charge in [-0.15, -0.1) is 0 Å². The second-order valence-corrected chi connectivity index (χ2v) is 8.24. The van der Waals surface area contributed by atoms with Gasteiger partial charge in [0, 0.05) is 17.3 Å². The number of carbonyl (C=O) groups is 1. The molecule has 0 bridgehead atoms.